The number of carbonyl (C=O) groups excluding carboxylic acids is 3. The highest BCUT2D eigenvalue weighted by Crippen LogP contribution is 2.04. The van der Waals surface area contributed by atoms with Crippen molar-refractivity contribution in [2.24, 2.45) is 0 Å². The van der Waals surface area contributed by atoms with Crippen LogP contribution >= 0.6 is 0 Å². The average molecular weight is 543 g/mol. The SMILES string of the molecule is CCCC=CCC=CCC=CCC=CCC=CCC=CCC(=O)OC(COC(=O)CCC)COC(=O)CCC. The molecule has 0 aromatic rings. The molecule has 0 amide bonds. The van der Waals surface area contributed by atoms with Gasteiger partial charge in [0.1, 0.15) is 13.2 Å². The summed E-state index contributed by atoms with van der Waals surface area (Å²) in [6, 6.07) is 0. The van der Waals surface area contributed by atoms with E-state index in [4.69, 9.17) is 14.2 Å². The smallest absolute Gasteiger partial charge is 0.310 e. The highest BCUT2D eigenvalue weighted by molar-refractivity contribution is 5.72. The van der Waals surface area contributed by atoms with Crippen LogP contribution in [0.2, 0.25) is 0 Å². The van der Waals surface area contributed by atoms with Crippen LogP contribution in [-0.4, -0.2) is 37.2 Å². The van der Waals surface area contributed by atoms with Gasteiger partial charge in [0.15, 0.2) is 6.10 Å². The maximum absolute atomic E-state index is 12.2. The van der Waals surface area contributed by atoms with Crippen LogP contribution in [0.5, 0.6) is 0 Å². The van der Waals surface area contributed by atoms with Crippen molar-refractivity contribution in [2.45, 2.75) is 104 Å². The zero-order valence-corrected chi connectivity index (χ0v) is 24.4. The lowest BCUT2D eigenvalue weighted by Crippen LogP contribution is -2.30. The summed E-state index contributed by atoms with van der Waals surface area (Å²) in [6.45, 7) is 5.67. The normalized spacial score (nSPS) is 12.3. The van der Waals surface area contributed by atoms with Crippen molar-refractivity contribution in [3.8, 4) is 0 Å². The molecule has 0 unspecified atom stereocenters. The lowest BCUT2D eigenvalue weighted by molar-refractivity contribution is -0.166. The van der Waals surface area contributed by atoms with E-state index >= 15 is 0 Å². The van der Waals surface area contributed by atoms with Crippen LogP contribution in [0, 0.1) is 0 Å². The van der Waals surface area contributed by atoms with E-state index in [9.17, 15) is 14.4 Å². The van der Waals surface area contributed by atoms with Crippen LogP contribution in [0.4, 0.5) is 0 Å². The van der Waals surface area contributed by atoms with Crippen molar-refractivity contribution in [3.05, 3.63) is 72.9 Å². The summed E-state index contributed by atoms with van der Waals surface area (Å²) >= 11 is 0. The van der Waals surface area contributed by atoms with Gasteiger partial charge in [0.25, 0.3) is 0 Å². The number of esters is 3. The summed E-state index contributed by atoms with van der Waals surface area (Å²) in [5.41, 5.74) is 0. The molecule has 0 saturated carbocycles. The number of ether oxygens (including phenoxy) is 3. The molecular formula is C33H50O6. The van der Waals surface area contributed by atoms with E-state index in [2.05, 4.69) is 61.6 Å². The van der Waals surface area contributed by atoms with Crippen molar-refractivity contribution in [1.29, 1.82) is 0 Å². The van der Waals surface area contributed by atoms with E-state index in [-0.39, 0.29) is 44.4 Å². The lowest BCUT2D eigenvalue weighted by Gasteiger charge is -2.17. The van der Waals surface area contributed by atoms with Gasteiger partial charge in [-0.05, 0) is 51.4 Å². The van der Waals surface area contributed by atoms with Crippen LogP contribution in [0.25, 0.3) is 0 Å². The maximum Gasteiger partial charge on any atom is 0.310 e. The Kier molecular flexibility index (Phi) is 25.6. The molecule has 0 atom stereocenters. The van der Waals surface area contributed by atoms with Crippen molar-refractivity contribution in [2.75, 3.05) is 13.2 Å². The molecule has 0 radical (unpaired) electrons. The van der Waals surface area contributed by atoms with Gasteiger partial charge in [0.05, 0.1) is 6.42 Å². The Morgan fingerprint density at radius 2 is 0.897 bits per heavy atom. The van der Waals surface area contributed by atoms with Crippen molar-refractivity contribution >= 4 is 17.9 Å². The second-order valence-electron chi connectivity index (χ2n) is 8.98. The van der Waals surface area contributed by atoms with E-state index in [1.165, 1.54) is 6.42 Å². The first-order chi connectivity index (χ1) is 19.0. The van der Waals surface area contributed by atoms with E-state index < -0.39 is 12.1 Å². The monoisotopic (exact) mass is 542 g/mol. The summed E-state index contributed by atoms with van der Waals surface area (Å²) in [5.74, 6) is -1.20. The highest BCUT2D eigenvalue weighted by atomic mass is 16.6. The first-order valence-corrected chi connectivity index (χ1v) is 14.4. The summed E-state index contributed by atoms with van der Waals surface area (Å²) in [4.78, 5) is 35.5. The standard InChI is InChI=1S/C33H50O6/c1-4-7-8-9-10-11-12-13-14-15-16-17-18-19-20-21-22-23-24-27-33(36)39-30(28-37-31(34)25-5-2)29-38-32(35)26-6-3/h8-9,11-12,14-15,17-18,20-21,23-24,30H,4-7,10,13,16,19,22,25-29H2,1-3H3. The molecule has 0 saturated heterocycles. The van der Waals surface area contributed by atoms with Gasteiger partial charge in [0, 0.05) is 12.8 Å². The van der Waals surface area contributed by atoms with Gasteiger partial charge in [0.2, 0.25) is 0 Å². The van der Waals surface area contributed by atoms with E-state index in [0.29, 0.717) is 19.3 Å². The zero-order valence-electron chi connectivity index (χ0n) is 24.4. The maximum atomic E-state index is 12.2. The van der Waals surface area contributed by atoms with Gasteiger partial charge in [-0.15, -0.1) is 0 Å². The Labute approximate surface area is 236 Å². The minimum Gasteiger partial charge on any atom is -0.462 e. The van der Waals surface area contributed by atoms with Gasteiger partial charge >= 0.3 is 17.9 Å². The fourth-order valence-corrected chi connectivity index (χ4v) is 3.09. The van der Waals surface area contributed by atoms with Crippen LogP contribution in [0.1, 0.15) is 97.8 Å². The third kappa shape index (κ3) is 26.3. The number of allylic oxidation sites excluding steroid dienone is 11. The average Bonchev–Trinajstić information content (AvgIpc) is 2.91. The fraction of sp³-hybridized carbons (Fsp3) is 0.545. The molecular weight excluding hydrogens is 492 g/mol. The molecule has 0 heterocycles. The first-order valence-electron chi connectivity index (χ1n) is 14.4. The van der Waals surface area contributed by atoms with Crippen molar-refractivity contribution < 1.29 is 28.6 Å². The Bertz CT molecular complexity index is 794. The molecule has 0 bridgehead atoms. The summed E-state index contributed by atoms with van der Waals surface area (Å²) in [5, 5.41) is 0. The Morgan fingerprint density at radius 1 is 0.513 bits per heavy atom. The molecule has 0 fully saturated rings. The quantitative estimate of drug-likeness (QED) is 0.0738. The summed E-state index contributed by atoms with van der Waals surface area (Å²) in [6.07, 6.45) is 33.3. The highest BCUT2D eigenvalue weighted by Gasteiger charge is 2.18. The molecule has 0 aliphatic carbocycles. The van der Waals surface area contributed by atoms with E-state index in [1.54, 1.807) is 6.08 Å². The minimum atomic E-state index is -0.816. The molecule has 6 heteroatoms. The predicted molar refractivity (Wildman–Crippen MR) is 159 cm³/mol. The second-order valence-corrected chi connectivity index (χ2v) is 8.98. The van der Waals surface area contributed by atoms with Crippen LogP contribution in [0.3, 0.4) is 0 Å². The molecule has 0 rings (SSSR count). The number of unbranched alkanes of at least 4 members (excludes halogenated alkanes) is 1. The Morgan fingerprint density at radius 3 is 1.28 bits per heavy atom. The Balaban J connectivity index is 4.14. The topological polar surface area (TPSA) is 78.9 Å². The van der Waals surface area contributed by atoms with Crippen LogP contribution in [0.15, 0.2) is 72.9 Å². The number of hydrogen-bond donors (Lipinski definition) is 0. The third-order valence-electron chi connectivity index (χ3n) is 5.17. The molecule has 0 aromatic heterocycles. The van der Waals surface area contributed by atoms with Gasteiger partial charge in [-0.2, -0.15) is 0 Å². The molecule has 0 aromatic carbocycles. The summed E-state index contributed by atoms with van der Waals surface area (Å²) in [7, 11) is 0. The van der Waals surface area contributed by atoms with Crippen LogP contribution < -0.4 is 0 Å². The number of hydrogen-bond acceptors (Lipinski definition) is 6. The second kappa shape index (κ2) is 27.9. The molecule has 0 aliphatic heterocycles. The summed E-state index contributed by atoms with van der Waals surface area (Å²) < 4.78 is 15.6. The van der Waals surface area contributed by atoms with Gasteiger partial charge in [-0.25, -0.2) is 0 Å². The van der Waals surface area contributed by atoms with Crippen molar-refractivity contribution in [3.63, 3.8) is 0 Å². The van der Waals surface area contributed by atoms with Gasteiger partial charge < -0.3 is 14.2 Å². The van der Waals surface area contributed by atoms with E-state index in [0.717, 1.165) is 32.1 Å². The third-order valence-corrected chi connectivity index (χ3v) is 5.17. The molecule has 39 heavy (non-hydrogen) atoms. The first kappa shape index (κ1) is 35.9. The minimum absolute atomic E-state index is 0.0904. The largest absolute Gasteiger partial charge is 0.462 e. The molecule has 6 nitrogen and oxygen atoms in total. The Hall–Kier alpha value is -3.15. The fourth-order valence-electron chi connectivity index (χ4n) is 3.09. The van der Waals surface area contributed by atoms with Crippen molar-refractivity contribution in [1.82, 2.24) is 0 Å². The van der Waals surface area contributed by atoms with Gasteiger partial charge in [-0.3, -0.25) is 14.4 Å². The molecule has 0 aliphatic rings. The van der Waals surface area contributed by atoms with Gasteiger partial charge in [-0.1, -0.05) is 100 Å². The number of carbonyl (C=O) groups is 3. The lowest BCUT2D eigenvalue weighted by atomic mass is 10.2. The molecule has 0 N–H and O–H groups in total. The predicted octanol–water partition coefficient (Wildman–Crippen LogP) is 8.06. The van der Waals surface area contributed by atoms with Crippen LogP contribution in [-0.2, 0) is 28.6 Å². The number of rotatable bonds is 23. The molecule has 0 spiro atoms. The van der Waals surface area contributed by atoms with E-state index in [1.807, 2.05) is 26.0 Å². The zero-order chi connectivity index (χ0) is 28.8. The molecule has 218 valence electrons.